The number of Topliss-reactive ketones (excluding diaryl/α,β-unsaturated/α-hetero) is 1. The molecule has 3 rings (SSSR count). The van der Waals surface area contributed by atoms with E-state index in [1.165, 1.54) is 14.0 Å². The zero-order valence-corrected chi connectivity index (χ0v) is 17.6. The molecular weight excluding hydrogens is 378 g/mol. The molecule has 5 nitrogen and oxygen atoms in total. The van der Waals surface area contributed by atoms with E-state index < -0.39 is 6.10 Å². The van der Waals surface area contributed by atoms with E-state index in [-0.39, 0.29) is 11.7 Å². The molecule has 0 aliphatic heterocycles. The number of hydrogen-bond acceptors (Lipinski definition) is 4. The van der Waals surface area contributed by atoms with Crippen LogP contribution in [0.1, 0.15) is 40.1 Å². The molecule has 0 spiro atoms. The van der Waals surface area contributed by atoms with Gasteiger partial charge in [-0.2, -0.15) is 0 Å². The first-order valence-electron chi connectivity index (χ1n) is 9.67. The Hall–Kier alpha value is -3.60. The zero-order chi connectivity index (χ0) is 21.7. The molecule has 5 heteroatoms. The van der Waals surface area contributed by atoms with Crippen LogP contribution < -0.4 is 14.8 Å². The fourth-order valence-corrected chi connectivity index (χ4v) is 3.08. The summed E-state index contributed by atoms with van der Waals surface area (Å²) in [7, 11) is 1.50. The third-order valence-corrected chi connectivity index (χ3v) is 4.81. The van der Waals surface area contributed by atoms with Gasteiger partial charge in [-0.1, -0.05) is 42.5 Å². The Morgan fingerprint density at radius 3 is 2.30 bits per heavy atom. The predicted molar refractivity (Wildman–Crippen MR) is 117 cm³/mol. The van der Waals surface area contributed by atoms with Crippen molar-refractivity contribution in [1.29, 1.82) is 0 Å². The monoisotopic (exact) mass is 403 g/mol. The third-order valence-electron chi connectivity index (χ3n) is 4.81. The van der Waals surface area contributed by atoms with E-state index in [9.17, 15) is 9.59 Å². The second kappa shape index (κ2) is 9.27. The summed E-state index contributed by atoms with van der Waals surface area (Å²) in [6, 6.07) is 20.1. The fraction of sp³-hybridized carbons (Fsp3) is 0.200. The first-order valence-corrected chi connectivity index (χ1v) is 9.67. The number of ketones is 1. The van der Waals surface area contributed by atoms with Crippen molar-refractivity contribution >= 4 is 17.4 Å². The standard InChI is InChI=1S/C25H25NO4/c1-16-10-11-17(2)21(14-16)26-25(28)24(19-8-6-5-7-9-19)30-22-13-12-20(18(3)27)15-23(22)29-4/h5-15,24H,1-4H3,(H,26,28). The van der Waals surface area contributed by atoms with Gasteiger partial charge in [0.05, 0.1) is 7.11 Å². The summed E-state index contributed by atoms with van der Waals surface area (Å²) in [4.78, 5) is 24.9. The number of ether oxygens (including phenoxy) is 2. The smallest absolute Gasteiger partial charge is 0.270 e. The molecule has 1 amide bonds. The SMILES string of the molecule is COc1cc(C(C)=O)ccc1OC(C(=O)Nc1cc(C)ccc1C)c1ccccc1. The van der Waals surface area contributed by atoms with Gasteiger partial charge in [0, 0.05) is 16.8 Å². The van der Waals surface area contributed by atoms with Crippen LogP contribution >= 0.6 is 0 Å². The molecular formula is C25H25NO4. The summed E-state index contributed by atoms with van der Waals surface area (Å²) in [5.74, 6) is 0.398. The molecule has 1 unspecified atom stereocenters. The maximum atomic E-state index is 13.2. The van der Waals surface area contributed by atoms with Gasteiger partial charge in [0.1, 0.15) is 0 Å². The van der Waals surface area contributed by atoms with E-state index in [0.29, 0.717) is 22.6 Å². The Morgan fingerprint density at radius 2 is 1.63 bits per heavy atom. The molecule has 0 aliphatic rings. The summed E-state index contributed by atoms with van der Waals surface area (Å²) in [6.45, 7) is 5.40. The lowest BCUT2D eigenvalue weighted by Gasteiger charge is -2.21. The molecule has 154 valence electrons. The van der Waals surface area contributed by atoms with Crippen molar-refractivity contribution in [2.45, 2.75) is 26.9 Å². The number of carbonyl (C=O) groups excluding carboxylic acids is 2. The fourth-order valence-electron chi connectivity index (χ4n) is 3.08. The van der Waals surface area contributed by atoms with E-state index >= 15 is 0 Å². The summed E-state index contributed by atoms with van der Waals surface area (Å²) in [5, 5.41) is 2.98. The Kier molecular flexibility index (Phi) is 6.52. The second-order valence-corrected chi connectivity index (χ2v) is 7.14. The largest absolute Gasteiger partial charge is 0.493 e. The van der Waals surface area contributed by atoms with E-state index in [1.54, 1.807) is 18.2 Å². The molecule has 0 saturated carbocycles. The highest BCUT2D eigenvalue weighted by Gasteiger charge is 2.25. The molecule has 0 saturated heterocycles. The lowest BCUT2D eigenvalue weighted by molar-refractivity contribution is -0.123. The van der Waals surface area contributed by atoms with Crippen molar-refractivity contribution in [2.24, 2.45) is 0 Å². The van der Waals surface area contributed by atoms with Gasteiger partial charge in [-0.3, -0.25) is 9.59 Å². The van der Waals surface area contributed by atoms with Gasteiger partial charge in [-0.15, -0.1) is 0 Å². The van der Waals surface area contributed by atoms with Gasteiger partial charge < -0.3 is 14.8 Å². The van der Waals surface area contributed by atoms with Crippen LogP contribution in [0.3, 0.4) is 0 Å². The Morgan fingerprint density at radius 1 is 0.900 bits per heavy atom. The lowest BCUT2D eigenvalue weighted by Crippen LogP contribution is -2.26. The van der Waals surface area contributed by atoms with Crippen molar-refractivity contribution in [3.63, 3.8) is 0 Å². The number of benzene rings is 3. The molecule has 3 aromatic rings. The molecule has 0 fully saturated rings. The number of carbonyl (C=O) groups is 2. The Balaban J connectivity index is 1.95. The van der Waals surface area contributed by atoms with Gasteiger partial charge in [-0.25, -0.2) is 0 Å². The number of anilines is 1. The molecule has 0 bridgehead atoms. The number of amides is 1. The molecule has 0 aromatic heterocycles. The van der Waals surface area contributed by atoms with Crippen molar-refractivity contribution in [3.05, 3.63) is 89.0 Å². The average Bonchev–Trinajstić information content (AvgIpc) is 2.75. The molecule has 3 aromatic carbocycles. The van der Waals surface area contributed by atoms with Crippen LogP contribution in [0.15, 0.2) is 66.7 Å². The Bertz CT molecular complexity index is 1060. The topological polar surface area (TPSA) is 64.6 Å². The van der Waals surface area contributed by atoms with Crippen LogP contribution in [0.4, 0.5) is 5.69 Å². The minimum absolute atomic E-state index is 0.0767. The third kappa shape index (κ3) is 4.87. The van der Waals surface area contributed by atoms with Gasteiger partial charge >= 0.3 is 0 Å². The Labute approximate surface area is 176 Å². The predicted octanol–water partition coefficient (Wildman–Crippen LogP) is 5.27. The van der Waals surface area contributed by atoms with Crippen LogP contribution in [0.2, 0.25) is 0 Å². The van der Waals surface area contributed by atoms with E-state index in [4.69, 9.17) is 9.47 Å². The van der Waals surface area contributed by atoms with E-state index in [1.807, 2.05) is 62.4 Å². The van der Waals surface area contributed by atoms with Gasteiger partial charge in [-0.05, 0) is 56.2 Å². The quantitative estimate of drug-likeness (QED) is 0.546. The van der Waals surface area contributed by atoms with Crippen LogP contribution in [-0.2, 0) is 4.79 Å². The van der Waals surface area contributed by atoms with Crippen LogP contribution in [0.25, 0.3) is 0 Å². The molecule has 0 heterocycles. The number of rotatable bonds is 7. The highest BCUT2D eigenvalue weighted by molar-refractivity contribution is 5.96. The maximum Gasteiger partial charge on any atom is 0.270 e. The highest BCUT2D eigenvalue weighted by atomic mass is 16.5. The second-order valence-electron chi connectivity index (χ2n) is 7.14. The van der Waals surface area contributed by atoms with Gasteiger partial charge in [0.25, 0.3) is 5.91 Å². The van der Waals surface area contributed by atoms with E-state index in [0.717, 1.165) is 16.8 Å². The molecule has 1 N–H and O–H groups in total. The van der Waals surface area contributed by atoms with Crippen molar-refractivity contribution < 1.29 is 19.1 Å². The van der Waals surface area contributed by atoms with Crippen LogP contribution in [0, 0.1) is 13.8 Å². The summed E-state index contributed by atoms with van der Waals surface area (Å²) in [6.07, 6.45) is -0.900. The molecule has 0 radical (unpaired) electrons. The van der Waals surface area contributed by atoms with Crippen molar-refractivity contribution in [2.75, 3.05) is 12.4 Å². The van der Waals surface area contributed by atoms with Crippen molar-refractivity contribution in [1.82, 2.24) is 0 Å². The molecule has 0 aliphatic carbocycles. The number of aryl methyl sites for hydroxylation is 2. The number of nitrogens with one attached hydrogen (secondary N) is 1. The summed E-state index contributed by atoms with van der Waals surface area (Å²) < 4.78 is 11.5. The zero-order valence-electron chi connectivity index (χ0n) is 17.6. The van der Waals surface area contributed by atoms with E-state index in [2.05, 4.69) is 5.32 Å². The molecule has 30 heavy (non-hydrogen) atoms. The minimum atomic E-state index is -0.900. The number of hydrogen-bond donors (Lipinski definition) is 1. The first kappa shape index (κ1) is 21.1. The lowest BCUT2D eigenvalue weighted by atomic mass is 10.1. The highest BCUT2D eigenvalue weighted by Crippen LogP contribution is 2.33. The van der Waals surface area contributed by atoms with Crippen molar-refractivity contribution in [3.8, 4) is 11.5 Å². The minimum Gasteiger partial charge on any atom is -0.493 e. The normalized spacial score (nSPS) is 11.5. The van der Waals surface area contributed by atoms with Gasteiger partial charge in [0.15, 0.2) is 17.3 Å². The maximum absolute atomic E-state index is 13.2. The first-order chi connectivity index (χ1) is 14.4. The summed E-state index contributed by atoms with van der Waals surface area (Å²) >= 11 is 0. The summed E-state index contributed by atoms with van der Waals surface area (Å²) in [5.41, 5.74) is 3.97. The molecule has 1 atom stereocenters. The van der Waals surface area contributed by atoms with Crippen LogP contribution in [0.5, 0.6) is 11.5 Å². The van der Waals surface area contributed by atoms with Crippen LogP contribution in [-0.4, -0.2) is 18.8 Å². The number of methoxy groups -OCH3 is 1. The van der Waals surface area contributed by atoms with Gasteiger partial charge in [0.2, 0.25) is 6.10 Å². The average molecular weight is 403 g/mol.